The summed E-state index contributed by atoms with van der Waals surface area (Å²) in [6.07, 6.45) is 3.00. The van der Waals surface area contributed by atoms with Crippen LogP contribution in [0.5, 0.6) is 5.88 Å². The quantitative estimate of drug-likeness (QED) is 0.258. The molecule has 4 nitrogen and oxygen atoms in total. The minimum absolute atomic E-state index is 0.136. The number of benzene rings is 3. The Morgan fingerprint density at radius 1 is 1.16 bits per heavy atom. The highest BCUT2D eigenvalue weighted by Crippen LogP contribution is 2.47. The molecule has 1 saturated heterocycles. The Bertz CT molecular complexity index is 1450. The monoisotopic (exact) mass is 536 g/mol. The number of nitrogens with zero attached hydrogens (tertiary/aromatic N) is 1. The van der Waals surface area contributed by atoms with Crippen molar-refractivity contribution in [2.24, 2.45) is 0 Å². The molecular weight excluding hydrogens is 507 g/mol. The first-order valence-corrected chi connectivity index (χ1v) is 13.9. The van der Waals surface area contributed by atoms with Gasteiger partial charge in [0.25, 0.3) is 0 Å². The van der Waals surface area contributed by atoms with Crippen LogP contribution in [-0.2, 0) is 0 Å². The van der Waals surface area contributed by atoms with Gasteiger partial charge in [0.1, 0.15) is 5.82 Å². The van der Waals surface area contributed by atoms with Crippen molar-refractivity contribution in [3.8, 4) is 5.88 Å². The fourth-order valence-electron chi connectivity index (χ4n) is 5.62. The third kappa shape index (κ3) is 5.21. The molecular formula is C30H30ClFN2O2S. The van der Waals surface area contributed by atoms with E-state index in [2.05, 4.69) is 17.4 Å². The molecule has 192 valence electrons. The number of methoxy groups -OCH3 is 1. The smallest absolute Gasteiger partial charge is 0.217 e. The number of rotatable bonds is 6. The van der Waals surface area contributed by atoms with Gasteiger partial charge >= 0.3 is 0 Å². The Morgan fingerprint density at radius 3 is 2.73 bits per heavy atom. The summed E-state index contributed by atoms with van der Waals surface area (Å²) in [5, 5.41) is 17.6. The third-order valence-corrected chi connectivity index (χ3v) is 8.31. The van der Waals surface area contributed by atoms with Crippen molar-refractivity contribution in [1.29, 1.82) is 0 Å². The number of ether oxygens (including phenoxy) is 1. The lowest BCUT2D eigenvalue weighted by atomic mass is 9.70. The molecule has 0 saturated carbocycles. The summed E-state index contributed by atoms with van der Waals surface area (Å²) >= 11 is 8.12. The minimum atomic E-state index is -1.14. The number of aliphatic hydroxyl groups is 1. The minimum Gasteiger partial charge on any atom is -0.481 e. The summed E-state index contributed by atoms with van der Waals surface area (Å²) in [5.74, 6) is -0.224. The van der Waals surface area contributed by atoms with Gasteiger partial charge in [0.2, 0.25) is 5.88 Å². The van der Waals surface area contributed by atoms with Crippen LogP contribution in [0.4, 0.5) is 4.39 Å². The maximum absolute atomic E-state index is 13.8. The van der Waals surface area contributed by atoms with E-state index >= 15 is 0 Å². The number of aryl methyl sites for hydroxylation is 1. The Kier molecular flexibility index (Phi) is 7.46. The predicted octanol–water partition coefficient (Wildman–Crippen LogP) is 7.05. The average Bonchev–Trinajstić information content (AvgIpc) is 2.88. The topological polar surface area (TPSA) is 54.4 Å². The van der Waals surface area contributed by atoms with Gasteiger partial charge in [0.05, 0.1) is 18.2 Å². The van der Waals surface area contributed by atoms with Crippen molar-refractivity contribution in [2.45, 2.75) is 42.2 Å². The van der Waals surface area contributed by atoms with Gasteiger partial charge in [-0.25, -0.2) is 9.37 Å². The summed E-state index contributed by atoms with van der Waals surface area (Å²) in [6, 6.07) is 20.6. The first-order valence-electron chi connectivity index (χ1n) is 12.3. The van der Waals surface area contributed by atoms with Crippen molar-refractivity contribution < 1.29 is 14.2 Å². The molecule has 2 heterocycles. The van der Waals surface area contributed by atoms with Crippen molar-refractivity contribution in [2.75, 3.05) is 19.9 Å². The second-order valence-corrected chi connectivity index (χ2v) is 11.0. The lowest BCUT2D eigenvalue weighted by Crippen LogP contribution is -2.48. The Labute approximate surface area is 226 Å². The molecule has 37 heavy (non-hydrogen) atoms. The van der Waals surface area contributed by atoms with E-state index in [4.69, 9.17) is 21.3 Å². The van der Waals surface area contributed by atoms with Crippen LogP contribution in [-0.4, -0.2) is 35.6 Å². The molecule has 0 amide bonds. The molecule has 1 aliphatic rings. The van der Waals surface area contributed by atoms with Gasteiger partial charge in [0, 0.05) is 32.8 Å². The third-order valence-electron chi connectivity index (χ3n) is 7.35. The largest absolute Gasteiger partial charge is 0.481 e. The van der Waals surface area contributed by atoms with Crippen LogP contribution in [0.1, 0.15) is 47.1 Å². The number of hydrogen-bond donors (Lipinski definition) is 2. The van der Waals surface area contributed by atoms with Crippen molar-refractivity contribution >= 4 is 34.3 Å². The van der Waals surface area contributed by atoms with Crippen LogP contribution in [0.25, 0.3) is 10.9 Å². The van der Waals surface area contributed by atoms with Crippen LogP contribution in [0.2, 0.25) is 5.02 Å². The van der Waals surface area contributed by atoms with Crippen molar-refractivity contribution in [3.05, 3.63) is 99.8 Å². The highest BCUT2D eigenvalue weighted by molar-refractivity contribution is 7.98. The van der Waals surface area contributed by atoms with Gasteiger partial charge in [0.15, 0.2) is 0 Å². The van der Waals surface area contributed by atoms with E-state index in [0.717, 1.165) is 38.1 Å². The molecule has 1 fully saturated rings. The van der Waals surface area contributed by atoms with Gasteiger partial charge in [-0.2, -0.15) is 0 Å². The maximum Gasteiger partial charge on any atom is 0.217 e. The Balaban J connectivity index is 1.67. The number of hydrogen-bond acceptors (Lipinski definition) is 5. The molecule has 3 atom stereocenters. The van der Waals surface area contributed by atoms with E-state index in [1.54, 1.807) is 24.9 Å². The number of thioether (sulfide) groups is 1. The lowest BCUT2D eigenvalue weighted by Gasteiger charge is -2.44. The van der Waals surface area contributed by atoms with Gasteiger partial charge < -0.3 is 15.2 Å². The van der Waals surface area contributed by atoms with Gasteiger partial charge in [-0.3, -0.25) is 0 Å². The normalized spacial score (nSPS) is 20.6. The molecule has 4 aromatic rings. The fraction of sp³-hybridized carbons (Fsp3) is 0.300. The lowest BCUT2D eigenvalue weighted by molar-refractivity contribution is -0.0197. The summed E-state index contributed by atoms with van der Waals surface area (Å²) < 4.78 is 19.6. The fourth-order valence-corrected chi connectivity index (χ4v) is 6.27. The van der Waals surface area contributed by atoms with Gasteiger partial charge in [-0.15, -0.1) is 11.8 Å². The number of halogens is 2. The Hall–Kier alpha value is -2.64. The predicted molar refractivity (Wildman–Crippen MR) is 149 cm³/mol. The molecule has 1 aliphatic heterocycles. The van der Waals surface area contributed by atoms with E-state index in [1.165, 1.54) is 6.07 Å². The SMILES string of the molecule is COc1nc2ccc(SC)cc2cc1C(c1cccc(Cl)c1)C1(O)CCNC(c2ccc(F)cc2C)C1. The molecule has 1 aromatic heterocycles. The van der Waals surface area contributed by atoms with Gasteiger partial charge in [-0.1, -0.05) is 29.8 Å². The van der Waals surface area contributed by atoms with Crippen LogP contribution in [0.15, 0.2) is 71.6 Å². The van der Waals surface area contributed by atoms with E-state index < -0.39 is 11.5 Å². The maximum atomic E-state index is 13.8. The first-order chi connectivity index (χ1) is 17.8. The first kappa shape index (κ1) is 26.0. The number of fused-ring (bicyclic) bond motifs is 1. The number of aromatic nitrogens is 1. The van der Waals surface area contributed by atoms with Crippen molar-refractivity contribution in [3.63, 3.8) is 0 Å². The molecule has 3 unspecified atom stereocenters. The molecule has 5 rings (SSSR count). The van der Waals surface area contributed by atoms with E-state index in [1.807, 2.05) is 55.6 Å². The average molecular weight is 537 g/mol. The van der Waals surface area contributed by atoms with Crippen LogP contribution >= 0.6 is 23.4 Å². The second kappa shape index (κ2) is 10.6. The highest BCUT2D eigenvalue weighted by atomic mass is 35.5. The molecule has 0 spiro atoms. The van der Waals surface area contributed by atoms with Crippen LogP contribution in [0.3, 0.4) is 0 Å². The zero-order chi connectivity index (χ0) is 26.2. The molecule has 0 radical (unpaired) electrons. The summed E-state index contributed by atoms with van der Waals surface area (Å²) in [5.41, 5.74) is 3.25. The summed E-state index contributed by atoms with van der Waals surface area (Å²) in [6.45, 7) is 2.51. The summed E-state index contributed by atoms with van der Waals surface area (Å²) in [4.78, 5) is 5.97. The van der Waals surface area contributed by atoms with E-state index in [0.29, 0.717) is 30.3 Å². The number of nitrogens with one attached hydrogen (secondary N) is 1. The van der Waals surface area contributed by atoms with Crippen molar-refractivity contribution in [1.82, 2.24) is 10.3 Å². The van der Waals surface area contributed by atoms with E-state index in [-0.39, 0.29) is 11.9 Å². The molecule has 7 heteroatoms. The zero-order valence-electron chi connectivity index (χ0n) is 21.1. The standard InChI is InChI=1S/C30H30ClFN2O2S/c1-18-13-22(32)7-9-24(18)27-17-30(35,11-12-33-27)28(19-5-4-6-21(31)14-19)25-16-20-15-23(37-3)8-10-26(20)34-29(25)36-2/h4-10,13-16,27-28,33,35H,11-12,17H2,1-3H3. The zero-order valence-corrected chi connectivity index (χ0v) is 22.7. The second-order valence-electron chi connectivity index (χ2n) is 9.70. The van der Waals surface area contributed by atoms with Crippen LogP contribution < -0.4 is 10.1 Å². The molecule has 0 aliphatic carbocycles. The number of pyridine rings is 1. The Morgan fingerprint density at radius 2 is 2.00 bits per heavy atom. The van der Waals surface area contributed by atoms with Crippen LogP contribution in [0, 0.1) is 12.7 Å². The van der Waals surface area contributed by atoms with Gasteiger partial charge in [-0.05, 0) is 97.8 Å². The molecule has 2 N–H and O–H groups in total. The number of piperidine rings is 1. The van der Waals surface area contributed by atoms with E-state index in [9.17, 15) is 9.50 Å². The highest BCUT2D eigenvalue weighted by Gasteiger charge is 2.44. The molecule has 0 bridgehead atoms. The molecule has 3 aromatic carbocycles. The summed E-state index contributed by atoms with van der Waals surface area (Å²) in [7, 11) is 1.61.